The van der Waals surface area contributed by atoms with Gasteiger partial charge in [-0.1, -0.05) is 30.3 Å². The van der Waals surface area contributed by atoms with Crippen molar-refractivity contribution in [1.29, 1.82) is 0 Å². The van der Waals surface area contributed by atoms with Gasteiger partial charge in [0.2, 0.25) is 5.78 Å². The minimum atomic E-state index is -1.16. The van der Waals surface area contributed by atoms with Crippen molar-refractivity contribution >= 4 is 11.9 Å². The number of ketones is 1. The van der Waals surface area contributed by atoms with Crippen LogP contribution in [0.5, 0.6) is 0 Å². The Morgan fingerprint density at radius 1 is 1.28 bits per heavy atom. The van der Waals surface area contributed by atoms with Crippen molar-refractivity contribution in [3.05, 3.63) is 47.9 Å². The second kappa shape index (κ2) is 4.52. The molecule has 0 aromatic heterocycles. The first-order valence-electron chi connectivity index (χ1n) is 5.33. The normalized spacial score (nSPS) is 22.1. The number of carbonyl (C=O) groups is 2. The molecule has 0 aliphatic carbocycles. The lowest BCUT2D eigenvalue weighted by Gasteiger charge is -2.23. The van der Waals surface area contributed by atoms with Crippen molar-refractivity contribution in [3.8, 4) is 0 Å². The van der Waals surface area contributed by atoms with E-state index in [1.54, 1.807) is 31.2 Å². The molecular formula is C13H12O5. The lowest BCUT2D eigenvalue weighted by Crippen LogP contribution is -2.29. The van der Waals surface area contributed by atoms with E-state index in [0.717, 1.165) is 6.08 Å². The Morgan fingerprint density at radius 2 is 1.94 bits per heavy atom. The number of benzene rings is 1. The molecule has 94 valence electrons. The van der Waals surface area contributed by atoms with Gasteiger partial charge >= 0.3 is 6.16 Å². The first-order chi connectivity index (χ1) is 8.56. The summed E-state index contributed by atoms with van der Waals surface area (Å²) in [5.41, 5.74) is -0.473. The van der Waals surface area contributed by atoms with Crippen molar-refractivity contribution in [2.75, 3.05) is 7.11 Å². The number of hydrogen-bond donors (Lipinski definition) is 0. The van der Waals surface area contributed by atoms with E-state index in [4.69, 9.17) is 9.47 Å². The Kier molecular flexibility index (Phi) is 3.06. The van der Waals surface area contributed by atoms with Crippen LogP contribution < -0.4 is 0 Å². The van der Waals surface area contributed by atoms with Gasteiger partial charge in [0.25, 0.3) is 5.95 Å². The summed E-state index contributed by atoms with van der Waals surface area (Å²) in [6.07, 6.45) is 0.218. The monoisotopic (exact) mass is 248 g/mol. The standard InChI is InChI=1S/C13H12O5/c1-13(9-6-4-3-5-7-9)10(14)8-11(18-13)17-12(15)16-2/h3-8H,1-2H3. The molecular weight excluding hydrogens is 236 g/mol. The molecule has 1 aromatic carbocycles. The van der Waals surface area contributed by atoms with Crippen LogP contribution in [0, 0.1) is 0 Å². The second-order valence-corrected chi connectivity index (χ2v) is 3.89. The molecule has 0 bridgehead atoms. The van der Waals surface area contributed by atoms with Gasteiger partial charge in [0.15, 0.2) is 5.60 Å². The SMILES string of the molecule is COC(=O)OC1=CC(=O)C(C)(c2ccccc2)O1. The van der Waals surface area contributed by atoms with Gasteiger partial charge in [0.05, 0.1) is 13.2 Å². The summed E-state index contributed by atoms with van der Waals surface area (Å²) >= 11 is 0. The molecule has 1 atom stereocenters. The van der Waals surface area contributed by atoms with Crippen LogP contribution in [0.25, 0.3) is 0 Å². The predicted octanol–water partition coefficient (Wildman–Crippen LogP) is 2.13. The second-order valence-electron chi connectivity index (χ2n) is 3.89. The van der Waals surface area contributed by atoms with E-state index >= 15 is 0 Å². The van der Waals surface area contributed by atoms with Gasteiger partial charge in [0.1, 0.15) is 0 Å². The van der Waals surface area contributed by atoms with E-state index in [0.29, 0.717) is 5.56 Å². The molecule has 0 saturated carbocycles. The maximum Gasteiger partial charge on any atom is 0.516 e. The fraction of sp³-hybridized carbons (Fsp3) is 0.231. The molecule has 2 rings (SSSR count). The van der Waals surface area contributed by atoms with Crippen molar-refractivity contribution in [3.63, 3.8) is 0 Å². The van der Waals surface area contributed by atoms with Gasteiger partial charge < -0.3 is 14.2 Å². The van der Waals surface area contributed by atoms with Gasteiger partial charge in [-0.25, -0.2) is 4.79 Å². The average Bonchev–Trinajstić information content (AvgIpc) is 2.66. The first kappa shape index (κ1) is 12.2. The Bertz CT molecular complexity index is 505. The van der Waals surface area contributed by atoms with E-state index in [1.165, 1.54) is 7.11 Å². The zero-order valence-electron chi connectivity index (χ0n) is 10.0. The number of rotatable bonds is 2. The number of ether oxygens (including phenoxy) is 3. The molecule has 5 nitrogen and oxygen atoms in total. The molecule has 0 N–H and O–H groups in total. The zero-order chi connectivity index (χ0) is 13.2. The summed E-state index contributed by atoms with van der Waals surface area (Å²) in [6.45, 7) is 1.62. The summed E-state index contributed by atoms with van der Waals surface area (Å²) in [5, 5.41) is 0. The van der Waals surface area contributed by atoms with Crippen molar-refractivity contribution in [2.24, 2.45) is 0 Å². The first-order valence-corrected chi connectivity index (χ1v) is 5.33. The summed E-state index contributed by atoms with van der Waals surface area (Å²) in [4.78, 5) is 22.9. The van der Waals surface area contributed by atoms with Crippen LogP contribution in [0.3, 0.4) is 0 Å². The van der Waals surface area contributed by atoms with E-state index in [2.05, 4.69) is 4.74 Å². The van der Waals surface area contributed by atoms with Gasteiger partial charge in [-0.2, -0.15) is 0 Å². The van der Waals surface area contributed by atoms with Crippen molar-refractivity contribution in [1.82, 2.24) is 0 Å². The average molecular weight is 248 g/mol. The van der Waals surface area contributed by atoms with Gasteiger partial charge in [-0.3, -0.25) is 4.79 Å². The lowest BCUT2D eigenvalue weighted by atomic mass is 9.92. The summed E-state index contributed by atoms with van der Waals surface area (Å²) in [5.74, 6) is -0.439. The zero-order valence-corrected chi connectivity index (χ0v) is 10.0. The molecule has 18 heavy (non-hydrogen) atoms. The Labute approximate surface area is 104 Å². The summed E-state index contributed by atoms with van der Waals surface area (Å²) in [6, 6.07) is 8.98. The molecule has 1 aliphatic heterocycles. The molecule has 0 amide bonds. The van der Waals surface area contributed by atoms with Crippen LogP contribution in [0.4, 0.5) is 4.79 Å². The maximum atomic E-state index is 11.9. The van der Waals surface area contributed by atoms with Crippen LogP contribution in [-0.2, 0) is 24.6 Å². The van der Waals surface area contributed by atoms with Gasteiger partial charge in [0, 0.05) is 5.56 Å². The van der Waals surface area contributed by atoms with E-state index in [-0.39, 0.29) is 11.7 Å². The van der Waals surface area contributed by atoms with Crippen LogP contribution >= 0.6 is 0 Å². The minimum Gasteiger partial charge on any atom is -0.445 e. The Morgan fingerprint density at radius 3 is 2.56 bits per heavy atom. The number of carbonyl (C=O) groups excluding carboxylic acids is 2. The van der Waals surface area contributed by atoms with Gasteiger partial charge in [-0.15, -0.1) is 0 Å². The minimum absolute atomic E-state index is 0.154. The molecule has 1 aromatic rings. The fourth-order valence-corrected chi connectivity index (χ4v) is 1.66. The quantitative estimate of drug-likeness (QED) is 0.750. The third-order valence-electron chi connectivity index (χ3n) is 2.70. The third-order valence-corrected chi connectivity index (χ3v) is 2.70. The van der Waals surface area contributed by atoms with E-state index in [1.807, 2.05) is 6.07 Å². The summed E-state index contributed by atoms with van der Waals surface area (Å²) < 4.78 is 14.4. The van der Waals surface area contributed by atoms with Crippen LogP contribution in [0.1, 0.15) is 12.5 Å². The molecule has 0 radical (unpaired) electrons. The molecule has 1 unspecified atom stereocenters. The topological polar surface area (TPSA) is 61.8 Å². The van der Waals surface area contributed by atoms with E-state index < -0.39 is 11.8 Å². The van der Waals surface area contributed by atoms with Crippen molar-refractivity contribution < 1.29 is 23.8 Å². The Balaban J connectivity index is 2.20. The van der Waals surface area contributed by atoms with Crippen LogP contribution in [0.2, 0.25) is 0 Å². The predicted molar refractivity (Wildman–Crippen MR) is 61.5 cm³/mol. The highest BCUT2D eigenvalue weighted by atomic mass is 16.8. The van der Waals surface area contributed by atoms with Crippen LogP contribution in [-0.4, -0.2) is 19.0 Å². The molecule has 0 spiro atoms. The highest BCUT2D eigenvalue weighted by Crippen LogP contribution is 2.35. The number of methoxy groups -OCH3 is 1. The maximum absolute atomic E-state index is 11.9. The lowest BCUT2D eigenvalue weighted by molar-refractivity contribution is -0.132. The van der Waals surface area contributed by atoms with Crippen molar-refractivity contribution in [2.45, 2.75) is 12.5 Å². The van der Waals surface area contributed by atoms with Crippen LogP contribution in [0.15, 0.2) is 42.4 Å². The third kappa shape index (κ3) is 2.07. The van der Waals surface area contributed by atoms with E-state index in [9.17, 15) is 9.59 Å². The highest BCUT2D eigenvalue weighted by molar-refractivity contribution is 5.99. The molecule has 5 heteroatoms. The largest absolute Gasteiger partial charge is 0.516 e. The molecule has 1 heterocycles. The Hall–Kier alpha value is -2.30. The highest BCUT2D eigenvalue weighted by Gasteiger charge is 2.43. The molecule has 0 fully saturated rings. The molecule has 0 saturated heterocycles. The molecule has 1 aliphatic rings. The fourth-order valence-electron chi connectivity index (χ4n) is 1.66. The number of hydrogen-bond acceptors (Lipinski definition) is 5. The van der Waals surface area contributed by atoms with Gasteiger partial charge in [-0.05, 0) is 6.92 Å². The smallest absolute Gasteiger partial charge is 0.445 e. The summed E-state index contributed by atoms with van der Waals surface area (Å²) in [7, 11) is 1.18.